The number of aliphatic hydroxyl groups is 1. The van der Waals surface area contributed by atoms with Crippen LogP contribution in [0.25, 0.3) is 6.08 Å². The highest BCUT2D eigenvalue weighted by Gasteiger charge is 2.08. The van der Waals surface area contributed by atoms with Crippen molar-refractivity contribution in [2.75, 3.05) is 41.0 Å². The number of allylic oxidation sites excluding steroid dienone is 1. The molecule has 0 aliphatic rings. The molecule has 1 unspecified atom stereocenters. The molecule has 2 N–H and O–H groups in total. The number of rotatable bonds is 14. The SMILES string of the molecule is COc1ccc(/C=C/C(=O)c2ccc(OCC(O)CNCCc3ccc(OC)c(OC)c3)cc2)cc1. The molecule has 7 nitrogen and oxygen atoms in total. The van der Waals surface area contributed by atoms with Crippen LogP contribution in [0.15, 0.2) is 72.8 Å². The predicted molar refractivity (Wildman–Crippen MR) is 140 cm³/mol. The van der Waals surface area contributed by atoms with Crippen molar-refractivity contribution in [3.63, 3.8) is 0 Å². The second-order valence-corrected chi connectivity index (χ2v) is 8.10. The summed E-state index contributed by atoms with van der Waals surface area (Å²) in [6.45, 7) is 1.25. The molecule has 36 heavy (non-hydrogen) atoms. The molecule has 7 heteroatoms. The van der Waals surface area contributed by atoms with Gasteiger partial charge in [0.25, 0.3) is 0 Å². The Balaban J connectivity index is 1.38. The fourth-order valence-electron chi connectivity index (χ4n) is 3.49. The van der Waals surface area contributed by atoms with Crippen LogP contribution in [-0.2, 0) is 6.42 Å². The van der Waals surface area contributed by atoms with E-state index in [0.29, 0.717) is 35.9 Å². The molecule has 1 atom stereocenters. The minimum absolute atomic E-state index is 0.101. The first-order valence-corrected chi connectivity index (χ1v) is 11.7. The zero-order valence-electron chi connectivity index (χ0n) is 20.9. The Kier molecular flexibility index (Phi) is 10.4. The zero-order chi connectivity index (χ0) is 25.8. The molecular weight excluding hydrogens is 458 g/mol. The summed E-state index contributed by atoms with van der Waals surface area (Å²) in [6.07, 6.45) is 3.43. The van der Waals surface area contributed by atoms with E-state index in [1.54, 1.807) is 51.7 Å². The van der Waals surface area contributed by atoms with Crippen molar-refractivity contribution in [3.05, 3.63) is 89.5 Å². The Bertz CT molecular complexity index is 1130. The third-order valence-electron chi connectivity index (χ3n) is 5.54. The maximum absolute atomic E-state index is 12.4. The molecule has 0 bridgehead atoms. The fraction of sp³-hybridized carbons (Fsp3) is 0.276. The van der Waals surface area contributed by atoms with E-state index in [1.807, 2.05) is 42.5 Å². The Morgan fingerprint density at radius 1 is 0.889 bits per heavy atom. The van der Waals surface area contributed by atoms with E-state index in [1.165, 1.54) is 6.08 Å². The van der Waals surface area contributed by atoms with Gasteiger partial charge in [-0.25, -0.2) is 0 Å². The number of methoxy groups -OCH3 is 3. The third kappa shape index (κ3) is 8.15. The smallest absolute Gasteiger partial charge is 0.185 e. The van der Waals surface area contributed by atoms with Crippen LogP contribution in [0.1, 0.15) is 21.5 Å². The normalized spacial score (nSPS) is 11.8. The van der Waals surface area contributed by atoms with Gasteiger partial charge in [0.15, 0.2) is 17.3 Å². The van der Waals surface area contributed by atoms with Crippen LogP contribution in [0.2, 0.25) is 0 Å². The van der Waals surface area contributed by atoms with E-state index in [-0.39, 0.29) is 12.4 Å². The van der Waals surface area contributed by atoms with E-state index in [2.05, 4.69) is 5.32 Å². The highest BCUT2D eigenvalue weighted by molar-refractivity contribution is 6.06. The Hall–Kier alpha value is -3.81. The fourth-order valence-corrected chi connectivity index (χ4v) is 3.49. The lowest BCUT2D eigenvalue weighted by atomic mass is 10.1. The minimum Gasteiger partial charge on any atom is -0.497 e. The molecule has 0 spiro atoms. The number of hydrogen-bond acceptors (Lipinski definition) is 7. The molecule has 3 aromatic rings. The first kappa shape index (κ1) is 26.8. The number of aliphatic hydroxyl groups excluding tert-OH is 1. The van der Waals surface area contributed by atoms with Gasteiger partial charge in [0.05, 0.1) is 21.3 Å². The largest absolute Gasteiger partial charge is 0.497 e. The lowest BCUT2D eigenvalue weighted by Crippen LogP contribution is -2.32. The summed E-state index contributed by atoms with van der Waals surface area (Å²) in [4.78, 5) is 12.4. The Morgan fingerprint density at radius 2 is 1.58 bits per heavy atom. The number of carbonyl (C=O) groups excluding carboxylic acids is 1. The average Bonchev–Trinajstić information content (AvgIpc) is 2.93. The van der Waals surface area contributed by atoms with Crippen LogP contribution in [0.5, 0.6) is 23.0 Å². The average molecular weight is 492 g/mol. The zero-order valence-corrected chi connectivity index (χ0v) is 20.9. The van der Waals surface area contributed by atoms with Crippen molar-refractivity contribution in [3.8, 4) is 23.0 Å². The minimum atomic E-state index is -0.663. The molecule has 0 saturated carbocycles. The molecule has 0 radical (unpaired) electrons. The van der Waals surface area contributed by atoms with Gasteiger partial charge in [0, 0.05) is 12.1 Å². The molecule has 0 aromatic heterocycles. The number of nitrogens with one attached hydrogen (secondary N) is 1. The predicted octanol–water partition coefficient (Wildman–Crippen LogP) is 4.18. The van der Waals surface area contributed by atoms with Gasteiger partial charge in [-0.15, -0.1) is 0 Å². The van der Waals surface area contributed by atoms with E-state index in [0.717, 1.165) is 23.3 Å². The molecule has 0 fully saturated rings. The van der Waals surface area contributed by atoms with Crippen molar-refractivity contribution in [2.24, 2.45) is 0 Å². The molecule has 0 aliphatic carbocycles. The van der Waals surface area contributed by atoms with E-state index >= 15 is 0 Å². The van der Waals surface area contributed by atoms with Crippen molar-refractivity contribution < 1.29 is 28.8 Å². The molecule has 0 saturated heterocycles. The molecule has 0 heterocycles. The monoisotopic (exact) mass is 491 g/mol. The first-order valence-electron chi connectivity index (χ1n) is 11.7. The molecule has 3 rings (SSSR count). The summed E-state index contributed by atoms with van der Waals surface area (Å²) in [5.41, 5.74) is 2.58. The van der Waals surface area contributed by atoms with Gasteiger partial charge < -0.3 is 29.4 Å². The number of carbonyl (C=O) groups is 1. The van der Waals surface area contributed by atoms with Crippen LogP contribution >= 0.6 is 0 Å². The maximum Gasteiger partial charge on any atom is 0.185 e. The van der Waals surface area contributed by atoms with Gasteiger partial charge in [0.1, 0.15) is 24.2 Å². The van der Waals surface area contributed by atoms with E-state index in [4.69, 9.17) is 18.9 Å². The maximum atomic E-state index is 12.4. The lowest BCUT2D eigenvalue weighted by molar-refractivity contribution is 0.104. The molecular formula is C29H33NO6. The quantitative estimate of drug-likeness (QED) is 0.199. The van der Waals surface area contributed by atoms with Gasteiger partial charge in [-0.2, -0.15) is 0 Å². The highest BCUT2D eigenvalue weighted by atomic mass is 16.5. The van der Waals surface area contributed by atoms with Gasteiger partial charge in [0.2, 0.25) is 0 Å². The van der Waals surface area contributed by atoms with E-state index in [9.17, 15) is 9.90 Å². The van der Waals surface area contributed by atoms with Crippen molar-refractivity contribution in [2.45, 2.75) is 12.5 Å². The van der Waals surface area contributed by atoms with Crippen LogP contribution in [0.3, 0.4) is 0 Å². The van der Waals surface area contributed by atoms with Crippen LogP contribution < -0.4 is 24.3 Å². The molecule has 3 aromatic carbocycles. The lowest BCUT2D eigenvalue weighted by Gasteiger charge is -2.14. The summed E-state index contributed by atoms with van der Waals surface area (Å²) in [6, 6.07) is 20.2. The van der Waals surface area contributed by atoms with Crippen molar-refractivity contribution in [1.29, 1.82) is 0 Å². The van der Waals surface area contributed by atoms with Crippen molar-refractivity contribution >= 4 is 11.9 Å². The van der Waals surface area contributed by atoms with Crippen LogP contribution in [0, 0.1) is 0 Å². The van der Waals surface area contributed by atoms with Gasteiger partial charge in [-0.3, -0.25) is 4.79 Å². The van der Waals surface area contributed by atoms with Crippen molar-refractivity contribution in [1.82, 2.24) is 5.32 Å². The second kappa shape index (κ2) is 13.9. The van der Waals surface area contributed by atoms with Gasteiger partial charge in [-0.1, -0.05) is 24.3 Å². The summed E-state index contributed by atoms with van der Waals surface area (Å²) in [7, 11) is 4.84. The highest BCUT2D eigenvalue weighted by Crippen LogP contribution is 2.27. The van der Waals surface area contributed by atoms with Crippen LogP contribution in [0.4, 0.5) is 0 Å². The van der Waals surface area contributed by atoms with Gasteiger partial charge in [-0.05, 0) is 78.7 Å². The number of hydrogen-bond donors (Lipinski definition) is 2. The molecule has 190 valence electrons. The van der Waals surface area contributed by atoms with Gasteiger partial charge >= 0.3 is 0 Å². The summed E-state index contributed by atoms with van der Waals surface area (Å²) >= 11 is 0. The second-order valence-electron chi connectivity index (χ2n) is 8.10. The third-order valence-corrected chi connectivity index (χ3v) is 5.54. The number of benzene rings is 3. The number of ketones is 1. The topological polar surface area (TPSA) is 86.3 Å². The number of ether oxygens (including phenoxy) is 4. The summed E-state index contributed by atoms with van der Waals surface area (Å²) in [5, 5.41) is 13.4. The standard InChI is InChI=1S/C29H33NO6/c1-33-25-10-4-21(5-11-25)6-14-27(32)23-8-12-26(13-9-23)36-20-24(31)19-30-17-16-22-7-15-28(34-2)29(18-22)35-3/h4-15,18,24,30-31H,16-17,19-20H2,1-3H3/b14-6+. The molecule has 0 amide bonds. The first-order chi connectivity index (χ1) is 17.5. The Labute approximate surface area is 212 Å². The Morgan fingerprint density at radius 3 is 2.25 bits per heavy atom. The van der Waals surface area contributed by atoms with Crippen LogP contribution in [-0.4, -0.2) is 58.0 Å². The summed E-state index contributed by atoms with van der Waals surface area (Å²) < 4.78 is 21.4. The summed E-state index contributed by atoms with van der Waals surface area (Å²) in [5.74, 6) is 2.66. The molecule has 0 aliphatic heterocycles. The van der Waals surface area contributed by atoms with E-state index < -0.39 is 6.10 Å².